The van der Waals surface area contributed by atoms with Gasteiger partial charge in [0, 0.05) is 12.4 Å². The first-order chi connectivity index (χ1) is 5.31. The Morgan fingerprint density at radius 2 is 1.57 bits per heavy atom. The molecule has 0 atom stereocenters. The fourth-order valence-corrected chi connectivity index (χ4v) is 0.787. The van der Waals surface area contributed by atoms with Gasteiger partial charge in [-0.05, 0) is 6.42 Å². The van der Waals surface area contributed by atoms with Crippen molar-refractivity contribution >= 4 is 22.2 Å². The van der Waals surface area contributed by atoms with Gasteiger partial charge in [0.15, 0.2) is 10.3 Å². The van der Waals surface area contributed by atoms with Gasteiger partial charge in [-0.15, -0.1) is 0 Å². The van der Waals surface area contributed by atoms with Gasteiger partial charge in [0.25, 0.3) is 0 Å². The normalized spacial score (nSPS) is 9.21. The maximum atomic E-state index is 10.4. The minimum absolute atomic E-state index is 0. The van der Waals surface area contributed by atoms with Crippen LogP contribution in [-0.2, 0) is 19.9 Å². The Morgan fingerprint density at radius 1 is 1.14 bits per heavy atom. The third-order valence-electron chi connectivity index (χ3n) is 0.795. The Balaban J connectivity index is -0.000000605. The number of carbonyl (C=O) groups excluding carboxylic acids is 2. The molecule has 0 rings (SSSR count). The second-order valence-corrected chi connectivity index (χ2v) is 2.96. The van der Waals surface area contributed by atoms with Gasteiger partial charge in [0.2, 0.25) is 5.91 Å². The molecule has 0 aliphatic heterocycles. The number of carboxylic acid groups (broad SMARTS) is 1. The molecule has 1 N–H and O–H groups in total. The Hall–Kier alpha value is 0.850. The summed E-state index contributed by atoms with van der Waals surface area (Å²) in [7, 11) is -4.83. The van der Waals surface area contributed by atoms with Crippen LogP contribution in [0.25, 0.3) is 0 Å². The molecule has 0 saturated heterocycles. The molecule has 0 aliphatic rings. The van der Waals surface area contributed by atoms with Gasteiger partial charge in [-0.25, -0.2) is 8.42 Å². The average molecular weight is 241 g/mol. The van der Waals surface area contributed by atoms with E-state index in [1.54, 1.807) is 0 Å². The summed E-state index contributed by atoms with van der Waals surface area (Å²) in [6.07, 6.45) is -1.22. The maximum absolute atomic E-state index is 10.4. The molecular formula is C4H5NNa2O6S. The Labute approximate surface area is 125 Å². The molecule has 0 fully saturated rings. The summed E-state index contributed by atoms with van der Waals surface area (Å²) in [4.78, 5) is 20.1. The molecule has 0 spiro atoms. The van der Waals surface area contributed by atoms with Crippen molar-refractivity contribution in [3.8, 4) is 0 Å². The predicted octanol–water partition coefficient (Wildman–Crippen LogP) is -8.90. The average Bonchev–Trinajstić information content (AvgIpc) is 1.79. The summed E-state index contributed by atoms with van der Waals surface area (Å²) in [5.41, 5.74) is 0. The summed E-state index contributed by atoms with van der Waals surface area (Å²) in [6.45, 7) is 0. The van der Waals surface area contributed by atoms with Crippen LogP contribution in [0.5, 0.6) is 0 Å². The molecule has 0 aromatic carbocycles. The number of hydrogen-bond acceptors (Lipinski definition) is 6. The zero-order chi connectivity index (χ0) is 9.78. The summed E-state index contributed by atoms with van der Waals surface area (Å²) in [5, 5.41) is 9.75. The minimum Gasteiger partial charge on any atom is -0.731 e. The first kappa shape index (κ1) is 20.3. The molecular weight excluding hydrogens is 236 g/mol. The zero-order valence-corrected chi connectivity index (χ0v) is 12.6. The first-order valence-electron chi connectivity index (χ1n) is 2.77. The SMILES string of the molecule is O=C([O-])CCC(=O)NS(=O)(=O)[O-].[Na+].[Na+]. The first-order valence-corrected chi connectivity index (χ1v) is 4.18. The largest absolute Gasteiger partial charge is 1.00 e. The van der Waals surface area contributed by atoms with E-state index in [9.17, 15) is 27.7 Å². The van der Waals surface area contributed by atoms with E-state index in [0.717, 1.165) is 4.72 Å². The van der Waals surface area contributed by atoms with E-state index < -0.39 is 35.0 Å². The number of nitrogens with one attached hydrogen (secondary N) is 1. The van der Waals surface area contributed by atoms with Crippen molar-refractivity contribution in [3.05, 3.63) is 0 Å². The second kappa shape index (κ2) is 9.10. The van der Waals surface area contributed by atoms with Crippen molar-refractivity contribution in [2.75, 3.05) is 0 Å². The standard InChI is InChI=1S/C4H7NO6S.2Na/c6-3(1-2-4(7)8)5-12(9,10)11;;/h1-2H2,(H,5,6)(H,7,8)(H,9,10,11);;/q;2*+1/p-2. The van der Waals surface area contributed by atoms with Crippen LogP contribution >= 0.6 is 0 Å². The number of hydrogen-bond donors (Lipinski definition) is 1. The third-order valence-corrected chi connectivity index (χ3v) is 1.27. The van der Waals surface area contributed by atoms with E-state index >= 15 is 0 Å². The van der Waals surface area contributed by atoms with Crippen molar-refractivity contribution in [2.24, 2.45) is 0 Å². The zero-order valence-electron chi connectivity index (χ0n) is 7.77. The topological polar surface area (TPSA) is 126 Å². The fourth-order valence-electron chi connectivity index (χ4n) is 0.406. The van der Waals surface area contributed by atoms with Crippen LogP contribution in [0.3, 0.4) is 0 Å². The summed E-state index contributed by atoms with van der Waals surface area (Å²) < 4.78 is 30.6. The molecule has 0 bridgehead atoms. The monoisotopic (exact) mass is 241 g/mol. The summed E-state index contributed by atoms with van der Waals surface area (Å²) >= 11 is 0. The smallest absolute Gasteiger partial charge is 0.731 e. The van der Waals surface area contributed by atoms with Gasteiger partial charge >= 0.3 is 59.1 Å². The van der Waals surface area contributed by atoms with Crippen LogP contribution in [0.15, 0.2) is 0 Å². The quantitative estimate of drug-likeness (QED) is 0.384. The fraction of sp³-hybridized carbons (Fsp3) is 0.500. The van der Waals surface area contributed by atoms with Gasteiger partial charge in [-0.3, -0.25) is 9.52 Å². The van der Waals surface area contributed by atoms with Gasteiger partial charge < -0.3 is 14.5 Å². The number of carbonyl (C=O) groups is 2. The molecule has 0 heterocycles. The molecule has 70 valence electrons. The van der Waals surface area contributed by atoms with E-state index in [4.69, 9.17) is 0 Å². The molecule has 0 radical (unpaired) electrons. The van der Waals surface area contributed by atoms with Crippen molar-refractivity contribution < 1.29 is 86.8 Å². The van der Waals surface area contributed by atoms with Gasteiger partial charge in [0.1, 0.15) is 0 Å². The molecule has 0 aliphatic carbocycles. The van der Waals surface area contributed by atoms with Crippen LogP contribution in [0, 0.1) is 0 Å². The molecule has 0 aromatic rings. The van der Waals surface area contributed by atoms with Crippen LogP contribution in [0.4, 0.5) is 0 Å². The summed E-state index contributed by atoms with van der Waals surface area (Å²) in [6, 6.07) is 0. The summed E-state index contributed by atoms with van der Waals surface area (Å²) in [5.74, 6) is -2.65. The minimum atomic E-state index is -4.83. The van der Waals surface area contributed by atoms with E-state index in [-0.39, 0.29) is 59.1 Å². The maximum Gasteiger partial charge on any atom is 1.00 e. The van der Waals surface area contributed by atoms with E-state index in [1.807, 2.05) is 0 Å². The van der Waals surface area contributed by atoms with Gasteiger partial charge in [-0.2, -0.15) is 0 Å². The van der Waals surface area contributed by atoms with Crippen LogP contribution < -0.4 is 68.9 Å². The molecule has 0 aromatic heterocycles. The van der Waals surface area contributed by atoms with Crippen LogP contribution in [0.1, 0.15) is 12.8 Å². The Morgan fingerprint density at radius 3 is 1.86 bits per heavy atom. The Bertz CT molecular complexity index is 288. The van der Waals surface area contributed by atoms with Crippen LogP contribution in [0.2, 0.25) is 0 Å². The van der Waals surface area contributed by atoms with Gasteiger partial charge in [-0.1, -0.05) is 0 Å². The Kier molecular flexibility index (Phi) is 13.2. The van der Waals surface area contributed by atoms with E-state index in [2.05, 4.69) is 0 Å². The van der Waals surface area contributed by atoms with Gasteiger partial charge in [0.05, 0.1) is 0 Å². The predicted molar refractivity (Wildman–Crippen MR) is 32.1 cm³/mol. The van der Waals surface area contributed by atoms with Crippen molar-refractivity contribution in [1.29, 1.82) is 0 Å². The molecule has 1 amide bonds. The molecule has 0 saturated carbocycles. The molecule has 0 unspecified atom stereocenters. The number of aliphatic carboxylic acids is 1. The number of amides is 1. The van der Waals surface area contributed by atoms with Crippen molar-refractivity contribution in [2.45, 2.75) is 12.8 Å². The second-order valence-electron chi connectivity index (χ2n) is 1.85. The van der Waals surface area contributed by atoms with E-state index in [1.165, 1.54) is 0 Å². The van der Waals surface area contributed by atoms with Crippen molar-refractivity contribution in [3.63, 3.8) is 0 Å². The van der Waals surface area contributed by atoms with Crippen molar-refractivity contribution in [1.82, 2.24) is 4.72 Å². The third kappa shape index (κ3) is 15.3. The molecule has 10 heteroatoms. The number of carboxylic acids is 1. The van der Waals surface area contributed by atoms with Crippen LogP contribution in [-0.4, -0.2) is 24.8 Å². The molecule has 7 nitrogen and oxygen atoms in total. The molecule has 14 heavy (non-hydrogen) atoms. The number of rotatable bonds is 4. The van der Waals surface area contributed by atoms with E-state index in [0.29, 0.717) is 0 Å².